The standard InChI is InChI=1S/C12H16ClNS/c13-11-3-1-2-9(6-11)12-8-15-5-4-10(12)7-14/h1-3,6,10,12H,4-5,7-8,14H2. The Labute approximate surface area is 100 Å². The molecular weight excluding hydrogens is 226 g/mol. The van der Waals surface area contributed by atoms with Gasteiger partial charge >= 0.3 is 0 Å². The van der Waals surface area contributed by atoms with Gasteiger partial charge in [0.15, 0.2) is 0 Å². The highest BCUT2D eigenvalue weighted by atomic mass is 35.5. The molecule has 1 aliphatic heterocycles. The monoisotopic (exact) mass is 241 g/mol. The van der Waals surface area contributed by atoms with Crippen LogP contribution in [0.15, 0.2) is 24.3 Å². The average Bonchev–Trinajstić information content (AvgIpc) is 2.29. The molecule has 0 aliphatic carbocycles. The highest BCUT2D eigenvalue weighted by Gasteiger charge is 2.25. The Morgan fingerprint density at radius 3 is 3.07 bits per heavy atom. The van der Waals surface area contributed by atoms with Gasteiger partial charge in [0.25, 0.3) is 0 Å². The minimum absolute atomic E-state index is 0.590. The van der Waals surface area contributed by atoms with Crippen LogP contribution in [-0.2, 0) is 0 Å². The maximum Gasteiger partial charge on any atom is 0.0408 e. The molecule has 1 aromatic carbocycles. The van der Waals surface area contributed by atoms with Crippen molar-refractivity contribution < 1.29 is 0 Å². The maximum absolute atomic E-state index is 6.02. The molecule has 1 fully saturated rings. The summed E-state index contributed by atoms with van der Waals surface area (Å²) in [6.07, 6.45) is 1.23. The van der Waals surface area contributed by atoms with E-state index in [0.29, 0.717) is 11.8 Å². The molecule has 0 aromatic heterocycles. The summed E-state index contributed by atoms with van der Waals surface area (Å²) in [5.41, 5.74) is 7.18. The Morgan fingerprint density at radius 1 is 1.47 bits per heavy atom. The summed E-state index contributed by atoms with van der Waals surface area (Å²) in [6, 6.07) is 8.22. The molecule has 1 heterocycles. The third-order valence-electron chi connectivity index (χ3n) is 3.08. The molecule has 2 atom stereocenters. The minimum atomic E-state index is 0.590. The van der Waals surface area contributed by atoms with Gasteiger partial charge in [0.2, 0.25) is 0 Å². The van der Waals surface area contributed by atoms with E-state index >= 15 is 0 Å². The topological polar surface area (TPSA) is 26.0 Å². The van der Waals surface area contributed by atoms with Crippen molar-refractivity contribution in [2.75, 3.05) is 18.1 Å². The zero-order chi connectivity index (χ0) is 10.7. The number of nitrogens with two attached hydrogens (primary N) is 1. The van der Waals surface area contributed by atoms with Gasteiger partial charge in [-0.25, -0.2) is 0 Å². The lowest BCUT2D eigenvalue weighted by molar-refractivity contribution is 0.440. The van der Waals surface area contributed by atoms with E-state index < -0.39 is 0 Å². The van der Waals surface area contributed by atoms with E-state index in [1.54, 1.807) is 0 Å². The number of hydrogen-bond acceptors (Lipinski definition) is 2. The molecule has 2 rings (SSSR count). The fraction of sp³-hybridized carbons (Fsp3) is 0.500. The summed E-state index contributed by atoms with van der Waals surface area (Å²) in [6.45, 7) is 0.789. The van der Waals surface area contributed by atoms with Crippen LogP contribution in [0.3, 0.4) is 0 Å². The van der Waals surface area contributed by atoms with Gasteiger partial charge in [0, 0.05) is 10.8 Å². The van der Waals surface area contributed by atoms with Crippen LogP contribution in [0.1, 0.15) is 17.9 Å². The zero-order valence-electron chi connectivity index (χ0n) is 8.66. The molecule has 0 bridgehead atoms. The SMILES string of the molecule is NCC1CCSCC1c1cccc(Cl)c1. The van der Waals surface area contributed by atoms with Crippen molar-refractivity contribution in [2.24, 2.45) is 11.7 Å². The molecule has 15 heavy (non-hydrogen) atoms. The number of hydrogen-bond donors (Lipinski definition) is 1. The normalized spacial score (nSPS) is 26.5. The van der Waals surface area contributed by atoms with E-state index in [-0.39, 0.29) is 0 Å². The second kappa shape index (κ2) is 5.24. The highest BCUT2D eigenvalue weighted by molar-refractivity contribution is 7.99. The molecule has 1 aliphatic rings. The van der Waals surface area contributed by atoms with E-state index in [9.17, 15) is 0 Å². The van der Waals surface area contributed by atoms with Gasteiger partial charge in [-0.2, -0.15) is 11.8 Å². The fourth-order valence-electron chi connectivity index (χ4n) is 2.17. The van der Waals surface area contributed by atoms with Crippen LogP contribution < -0.4 is 5.73 Å². The van der Waals surface area contributed by atoms with E-state index in [0.717, 1.165) is 11.6 Å². The van der Waals surface area contributed by atoms with Gasteiger partial charge in [0.05, 0.1) is 0 Å². The van der Waals surface area contributed by atoms with Crippen molar-refractivity contribution in [1.82, 2.24) is 0 Å². The largest absolute Gasteiger partial charge is 0.330 e. The van der Waals surface area contributed by atoms with Gasteiger partial charge in [-0.05, 0) is 48.3 Å². The van der Waals surface area contributed by atoms with Gasteiger partial charge in [0.1, 0.15) is 0 Å². The summed E-state index contributed by atoms with van der Waals surface area (Å²) >= 11 is 8.04. The van der Waals surface area contributed by atoms with Crippen molar-refractivity contribution in [1.29, 1.82) is 0 Å². The average molecular weight is 242 g/mol. The molecule has 82 valence electrons. The van der Waals surface area contributed by atoms with Crippen LogP contribution in [-0.4, -0.2) is 18.1 Å². The Kier molecular flexibility index (Phi) is 3.95. The molecule has 2 N–H and O–H groups in total. The van der Waals surface area contributed by atoms with E-state index in [2.05, 4.69) is 12.1 Å². The molecule has 0 saturated carbocycles. The molecule has 1 aromatic rings. The third-order valence-corrected chi connectivity index (χ3v) is 4.43. The predicted octanol–water partition coefficient (Wildman–Crippen LogP) is 3.14. The first-order valence-electron chi connectivity index (χ1n) is 5.34. The van der Waals surface area contributed by atoms with Crippen molar-refractivity contribution in [3.63, 3.8) is 0 Å². The second-order valence-electron chi connectivity index (χ2n) is 4.02. The molecule has 0 amide bonds. The summed E-state index contributed by atoms with van der Waals surface area (Å²) in [7, 11) is 0. The van der Waals surface area contributed by atoms with Crippen molar-refractivity contribution >= 4 is 23.4 Å². The first kappa shape index (κ1) is 11.3. The third kappa shape index (κ3) is 2.68. The summed E-state index contributed by atoms with van der Waals surface area (Å²) < 4.78 is 0. The lowest BCUT2D eigenvalue weighted by Crippen LogP contribution is -2.27. The number of benzene rings is 1. The van der Waals surface area contributed by atoms with E-state index in [1.807, 2.05) is 23.9 Å². The quantitative estimate of drug-likeness (QED) is 0.861. The van der Waals surface area contributed by atoms with Gasteiger partial charge in [-0.3, -0.25) is 0 Å². The summed E-state index contributed by atoms with van der Waals surface area (Å²) in [4.78, 5) is 0. The Bertz CT molecular complexity index is 329. The van der Waals surface area contributed by atoms with Gasteiger partial charge in [-0.15, -0.1) is 0 Å². The fourth-order valence-corrected chi connectivity index (χ4v) is 3.72. The molecule has 3 heteroatoms. The smallest absolute Gasteiger partial charge is 0.0408 e. The van der Waals surface area contributed by atoms with Gasteiger partial charge < -0.3 is 5.73 Å². The highest BCUT2D eigenvalue weighted by Crippen LogP contribution is 2.36. The van der Waals surface area contributed by atoms with E-state index in [1.165, 1.54) is 23.5 Å². The predicted molar refractivity (Wildman–Crippen MR) is 68.7 cm³/mol. The minimum Gasteiger partial charge on any atom is -0.330 e. The van der Waals surface area contributed by atoms with Crippen LogP contribution in [0.4, 0.5) is 0 Å². The second-order valence-corrected chi connectivity index (χ2v) is 5.61. The number of rotatable bonds is 2. The van der Waals surface area contributed by atoms with Crippen LogP contribution >= 0.6 is 23.4 Å². The maximum atomic E-state index is 6.02. The van der Waals surface area contributed by atoms with Crippen LogP contribution in [0.5, 0.6) is 0 Å². The number of thioether (sulfide) groups is 1. The molecule has 0 radical (unpaired) electrons. The summed E-state index contributed by atoms with van der Waals surface area (Å²) in [5.74, 6) is 3.65. The molecule has 0 spiro atoms. The summed E-state index contributed by atoms with van der Waals surface area (Å²) in [5, 5.41) is 0.832. The molecule has 2 unspecified atom stereocenters. The van der Waals surface area contributed by atoms with Crippen molar-refractivity contribution in [2.45, 2.75) is 12.3 Å². The molecule has 1 nitrogen and oxygen atoms in total. The van der Waals surface area contributed by atoms with Crippen LogP contribution in [0.2, 0.25) is 5.02 Å². The van der Waals surface area contributed by atoms with Crippen molar-refractivity contribution in [3.8, 4) is 0 Å². The molecular formula is C12H16ClNS. The Balaban J connectivity index is 2.20. The van der Waals surface area contributed by atoms with Crippen LogP contribution in [0.25, 0.3) is 0 Å². The number of halogens is 1. The molecule has 1 saturated heterocycles. The first-order chi connectivity index (χ1) is 7.31. The van der Waals surface area contributed by atoms with E-state index in [4.69, 9.17) is 17.3 Å². The first-order valence-corrected chi connectivity index (χ1v) is 6.88. The van der Waals surface area contributed by atoms with Gasteiger partial charge in [-0.1, -0.05) is 23.7 Å². The Morgan fingerprint density at radius 2 is 2.33 bits per heavy atom. The zero-order valence-corrected chi connectivity index (χ0v) is 10.2. The van der Waals surface area contributed by atoms with Crippen molar-refractivity contribution in [3.05, 3.63) is 34.9 Å². The lowest BCUT2D eigenvalue weighted by atomic mass is 9.85. The van der Waals surface area contributed by atoms with Crippen LogP contribution in [0, 0.1) is 5.92 Å². The Hall–Kier alpha value is -0.180. The lowest BCUT2D eigenvalue weighted by Gasteiger charge is -2.30.